The Hall–Kier alpha value is -3.93. The lowest BCUT2D eigenvalue weighted by atomic mass is 9.91. The van der Waals surface area contributed by atoms with Crippen LogP contribution in [0.15, 0.2) is 90.1 Å². The van der Waals surface area contributed by atoms with Gasteiger partial charge in [0.1, 0.15) is 17.5 Å². The van der Waals surface area contributed by atoms with Crippen molar-refractivity contribution in [3.63, 3.8) is 0 Å². The maximum absolute atomic E-state index is 12.9. The normalized spacial score (nSPS) is 11.3. The monoisotopic (exact) mass is 444 g/mol. The van der Waals surface area contributed by atoms with Crippen molar-refractivity contribution in [2.75, 3.05) is 0 Å². The van der Waals surface area contributed by atoms with Crippen LogP contribution in [0.4, 0.5) is 0 Å². The third-order valence-corrected chi connectivity index (χ3v) is 5.07. The molecule has 2 N–H and O–H groups in total. The molecule has 6 nitrogen and oxygen atoms in total. The first-order valence-electron chi connectivity index (χ1n) is 11.0. The smallest absolute Gasteiger partial charge is 0.346 e. The van der Waals surface area contributed by atoms with Gasteiger partial charge in [0.25, 0.3) is 0 Å². The number of rotatable bonds is 10. The van der Waals surface area contributed by atoms with Crippen LogP contribution in [0.1, 0.15) is 48.8 Å². The maximum Gasteiger partial charge on any atom is 0.346 e. The average molecular weight is 445 g/mol. The second-order valence-corrected chi connectivity index (χ2v) is 7.58. The van der Waals surface area contributed by atoms with Crippen LogP contribution in [-0.4, -0.2) is 17.8 Å². The van der Waals surface area contributed by atoms with Gasteiger partial charge in [0.2, 0.25) is 0 Å². The van der Waals surface area contributed by atoms with Crippen molar-refractivity contribution in [2.24, 2.45) is 10.9 Å². The summed E-state index contributed by atoms with van der Waals surface area (Å²) >= 11 is 0. The molecule has 3 rings (SSSR count). The largest absolute Gasteiger partial charge is 0.427 e. The van der Waals surface area contributed by atoms with Crippen LogP contribution in [0, 0.1) is 0 Å². The van der Waals surface area contributed by atoms with Crippen molar-refractivity contribution in [1.29, 1.82) is 0 Å². The van der Waals surface area contributed by atoms with Crippen molar-refractivity contribution in [3.8, 4) is 5.75 Å². The number of ether oxygens (including phenoxy) is 1. The lowest BCUT2D eigenvalue weighted by Crippen LogP contribution is -2.18. The summed E-state index contributed by atoms with van der Waals surface area (Å²) in [6.45, 7) is 1.75. The number of esters is 1. The van der Waals surface area contributed by atoms with Gasteiger partial charge in [-0.25, -0.2) is 4.79 Å². The molecule has 0 saturated heterocycles. The summed E-state index contributed by atoms with van der Waals surface area (Å²) in [6.07, 6.45) is 2.22. The number of nitrogens with two attached hydrogens (primary N) is 1. The molecule has 0 atom stereocenters. The number of amidine groups is 1. The van der Waals surface area contributed by atoms with Crippen molar-refractivity contribution in [1.82, 2.24) is 0 Å². The molecule has 0 radical (unpaired) electrons. The van der Waals surface area contributed by atoms with E-state index in [1.54, 1.807) is 13.0 Å². The summed E-state index contributed by atoms with van der Waals surface area (Å²) in [5.74, 6) is -0.562. The average Bonchev–Trinajstić information content (AvgIpc) is 2.84. The van der Waals surface area contributed by atoms with Gasteiger partial charge < -0.3 is 15.3 Å². The molecule has 0 aromatic heterocycles. The zero-order valence-electron chi connectivity index (χ0n) is 18.6. The predicted molar refractivity (Wildman–Crippen MR) is 128 cm³/mol. The molecule has 0 heterocycles. The molecule has 0 bridgehead atoms. The van der Waals surface area contributed by atoms with Gasteiger partial charge in [-0.3, -0.25) is 4.79 Å². The summed E-state index contributed by atoms with van der Waals surface area (Å²) in [4.78, 5) is 29.5. The first-order valence-corrected chi connectivity index (χ1v) is 11.0. The summed E-state index contributed by atoms with van der Waals surface area (Å²) in [5.41, 5.74) is 8.65. The van der Waals surface area contributed by atoms with Gasteiger partial charge in [0, 0.05) is 12.8 Å². The quantitative estimate of drug-likeness (QED) is 0.119. The standard InChI is InChI=1S/C27H28N2O4/c1-2-25(30)32-23-17-9-11-20(19-23)12-10-18-24(28)29-33-27(31)26(21-13-5-3-6-14-21)22-15-7-4-8-16-22/h3-9,11,13-17,19,26H,2,10,12,18H2,1H3,(H2,28,29). The predicted octanol–water partition coefficient (Wildman–Crippen LogP) is 4.97. The zero-order valence-corrected chi connectivity index (χ0v) is 18.6. The van der Waals surface area contributed by atoms with Crippen molar-refractivity contribution in [2.45, 2.75) is 38.5 Å². The van der Waals surface area contributed by atoms with Gasteiger partial charge >= 0.3 is 11.9 Å². The number of hydrogen-bond acceptors (Lipinski definition) is 5. The van der Waals surface area contributed by atoms with E-state index in [1.807, 2.05) is 78.9 Å². The fourth-order valence-electron chi connectivity index (χ4n) is 3.40. The highest BCUT2D eigenvalue weighted by Crippen LogP contribution is 2.26. The van der Waals surface area contributed by atoms with Gasteiger partial charge in [-0.05, 0) is 41.7 Å². The van der Waals surface area contributed by atoms with Crippen LogP contribution < -0.4 is 10.5 Å². The molecular formula is C27H28N2O4. The van der Waals surface area contributed by atoms with E-state index >= 15 is 0 Å². The molecule has 0 aliphatic carbocycles. The Labute approximate surface area is 194 Å². The first kappa shape index (κ1) is 23.7. The van der Waals surface area contributed by atoms with Crippen LogP contribution in [0.25, 0.3) is 0 Å². The lowest BCUT2D eigenvalue weighted by Gasteiger charge is -2.15. The molecule has 0 fully saturated rings. The van der Waals surface area contributed by atoms with Crippen LogP contribution in [0.2, 0.25) is 0 Å². The van der Waals surface area contributed by atoms with Gasteiger partial charge in [-0.15, -0.1) is 0 Å². The van der Waals surface area contributed by atoms with Crippen molar-refractivity contribution in [3.05, 3.63) is 102 Å². The van der Waals surface area contributed by atoms with E-state index in [-0.39, 0.29) is 11.8 Å². The molecule has 0 spiro atoms. The van der Waals surface area contributed by atoms with Crippen molar-refractivity contribution >= 4 is 17.8 Å². The highest BCUT2D eigenvalue weighted by Gasteiger charge is 2.24. The van der Waals surface area contributed by atoms with Gasteiger partial charge in [-0.1, -0.05) is 84.9 Å². The van der Waals surface area contributed by atoms with Gasteiger partial charge in [0.15, 0.2) is 0 Å². The van der Waals surface area contributed by atoms with E-state index in [0.29, 0.717) is 25.0 Å². The number of hydrogen-bond donors (Lipinski definition) is 1. The minimum atomic E-state index is -0.586. The van der Waals surface area contributed by atoms with Crippen molar-refractivity contribution < 1.29 is 19.2 Å². The summed E-state index contributed by atoms with van der Waals surface area (Å²) < 4.78 is 5.25. The number of carbonyl (C=O) groups is 2. The fraction of sp³-hybridized carbons (Fsp3) is 0.222. The SMILES string of the molecule is CCC(=O)Oc1cccc(CCCC(N)=NOC(=O)C(c2ccccc2)c2ccccc2)c1. The zero-order chi connectivity index (χ0) is 23.5. The minimum absolute atomic E-state index is 0.247. The van der Waals surface area contributed by atoms with E-state index in [9.17, 15) is 9.59 Å². The molecule has 170 valence electrons. The Morgan fingerprint density at radius 2 is 1.55 bits per heavy atom. The summed E-state index contributed by atoms with van der Waals surface area (Å²) in [7, 11) is 0. The fourth-order valence-corrected chi connectivity index (χ4v) is 3.40. The Bertz CT molecular complexity index is 1040. The van der Waals surface area contributed by atoms with Gasteiger partial charge in [-0.2, -0.15) is 0 Å². The highest BCUT2D eigenvalue weighted by atomic mass is 16.7. The molecule has 0 saturated carbocycles. The molecule has 0 aliphatic heterocycles. The van der Waals surface area contributed by atoms with E-state index in [1.165, 1.54) is 0 Å². The van der Waals surface area contributed by atoms with Crippen LogP contribution >= 0.6 is 0 Å². The van der Waals surface area contributed by atoms with E-state index in [2.05, 4.69) is 5.16 Å². The Balaban J connectivity index is 1.57. The Morgan fingerprint density at radius 3 is 2.15 bits per heavy atom. The number of benzene rings is 3. The summed E-state index contributed by atoms with van der Waals surface area (Å²) in [6, 6.07) is 26.3. The third-order valence-electron chi connectivity index (χ3n) is 5.07. The minimum Gasteiger partial charge on any atom is -0.427 e. The van der Waals surface area contributed by atoms with E-state index in [4.69, 9.17) is 15.3 Å². The molecule has 3 aromatic rings. The molecule has 0 aliphatic rings. The van der Waals surface area contributed by atoms with Crippen LogP contribution in [-0.2, 0) is 20.8 Å². The number of oxime groups is 1. The lowest BCUT2D eigenvalue weighted by molar-refractivity contribution is -0.144. The molecule has 0 amide bonds. The van der Waals surface area contributed by atoms with Gasteiger partial charge in [0.05, 0.1) is 0 Å². The first-order chi connectivity index (χ1) is 16.1. The second-order valence-electron chi connectivity index (χ2n) is 7.58. The number of carbonyl (C=O) groups excluding carboxylic acids is 2. The molecule has 6 heteroatoms. The maximum atomic E-state index is 12.9. The second kappa shape index (κ2) is 12.2. The molecule has 3 aromatic carbocycles. The molecule has 33 heavy (non-hydrogen) atoms. The molecule has 0 unspecified atom stereocenters. The number of nitrogens with zero attached hydrogens (tertiary/aromatic N) is 1. The van der Waals surface area contributed by atoms with Crippen LogP contribution in [0.5, 0.6) is 5.75 Å². The van der Waals surface area contributed by atoms with E-state index in [0.717, 1.165) is 23.1 Å². The summed E-state index contributed by atoms with van der Waals surface area (Å²) in [5, 5.41) is 3.87. The van der Waals surface area contributed by atoms with Crippen LogP contribution in [0.3, 0.4) is 0 Å². The molecular weight excluding hydrogens is 416 g/mol. The third kappa shape index (κ3) is 7.31. The Morgan fingerprint density at radius 1 is 0.909 bits per heavy atom. The highest BCUT2D eigenvalue weighted by molar-refractivity contribution is 5.84. The number of aryl methyl sites for hydroxylation is 1. The Kier molecular flexibility index (Phi) is 8.77. The topological polar surface area (TPSA) is 91.0 Å². The van der Waals surface area contributed by atoms with E-state index < -0.39 is 11.9 Å².